The molecule has 0 radical (unpaired) electrons. The molecule has 1 rings (SSSR count). The van der Waals surface area contributed by atoms with Crippen LogP contribution in [0.5, 0.6) is 0 Å². The average molecular weight is 238 g/mol. The minimum atomic E-state index is -4.48. The Morgan fingerprint density at radius 3 is 2.62 bits per heavy atom. The summed E-state index contributed by atoms with van der Waals surface area (Å²) in [4.78, 5) is 0. The van der Waals surface area contributed by atoms with E-state index in [-0.39, 0.29) is 24.5 Å². The summed E-state index contributed by atoms with van der Waals surface area (Å²) in [5.74, 6) is 0.172. The van der Waals surface area contributed by atoms with Crippen LogP contribution in [0.4, 0.5) is 13.2 Å². The fraction of sp³-hybridized carbons (Fsp3) is 0.667. The number of alkyl halides is 3. The highest BCUT2D eigenvalue weighted by Gasteiger charge is 2.37. The van der Waals surface area contributed by atoms with E-state index in [1.165, 1.54) is 6.92 Å². The first-order chi connectivity index (χ1) is 7.46. The Bertz CT molecular complexity index is 336. The van der Waals surface area contributed by atoms with Crippen molar-refractivity contribution in [3.63, 3.8) is 0 Å². The molecule has 2 N–H and O–H groups in total. The second-order valence-corrected chi connectivity index (χ2v) is 3.33. The van der Waals surface area contributed by atoms with Crippen LogP contribution in [0.2, 0.25) is 0 Å². The molecule has 0 aliphatic carbocycles. The molecule has 0 amide bonds. The third-order valence-electron chi connectivity index (χ3n) is 2.09. The van der Waals surface area contributed by atoms with E-state index in [4.69, 9.17) is 5.11 Å². The Hall–Kier alpha value is -1.08. The molecule has 0 unspecified atom stereocenters. The van der Waals surface area contributed by atoms with Gasteiger partial charge in [-0.3, -0.25) is 0 Å². The predicted molar refractivity (Wildman–Crippen MR) is 49.7 cm³/mol. The molecule has 0 bridgehead atoms. The fourth-order valence-electron chi connectivity index (χ4n) is 1.20. The molecule has 1 aromatic heterocycles. The van der Waals surface area contributed by atoms with Crippen molar-refractivity contribution in [3.05, 3.63) is 17.0 Å². The third-order valence-corrected chi connectivity index (χ3v) is 2.09. The molecular weight excluding hydrogens is 225 g/mol. The van der Waals surface area contributed by atoms with Gasteiger partial charge in [0.25, 0.3) is 0 Å². The van der Waals surface area contributed by atoms with E-state index in [1.54, 1.807) is 0 Å². The predicted octanol–water partition coefficient (Wildman–Crippen LogP) is 1.47. The van der Waals surface area contributed by atoms with E-state index in [1.807, 2.05) is 0 Å². The number of nitrogens with one attached hydrogen (secondary N) is 1. The van der Waals surface area contributed by atoms with Crippen molar-refractivity contribution in [2.45, 2.75) is 26.1 Å². The zero-order valence-corrected chi connectivity index (χ0v) is 8.76. The van der Waals surface area contributed by atoms with Gasteiger partial charge in [0.2, 0.25) is 0 Å². The lowest BCUT2D eigenvalue weighted by molar-refractivity contribution is -0.143. The first kappa shape index (κ1) is 13.0. The highest BCUT2D eigenvalue weighted by atomic mass is 19.4. The molecule has 16 heavy (non-hydrogen) atoms. The molecule has 92 valence electrons. The van der Waals surface area contributed by atoms with Gasteiger partial charge in [-0.2, -0.15) is 13.2 Å². The highest BCUT2D eigenvalue weighted by molar-refractivity contribution is 5.23. The Morgan fingerprint density at radius 1 is 1.44 bits per heavy atom. The molecule has 0 aromatic carbocycles. The maximum atomic E-state index is 12.3. The molecular formula is C9H13F3N2O2. The number of hydrogen-bond donors (Lipinski definition) is 2. The lowest BCUT2D eigenvalue weighted by Crippen LogP contribution is -2.16. The molecule has 7 heteroatoms. The maximum Gasteiger partial charge on any atom is 0.437 e. The van der Waals surface area contributed by atoms with Crippen molar-refractivity contribution in [1.82, 2.24) is 10.5 Å². The highest BCUT2D eigenvalue weighted by Crippen LogP contribution is 2.31. The van der Waals surface area contributed by atoms with E-state index in [9.17, 15) is 13.2 Å². The zero-order valence-electron chi connectivity index (χ0n) is 8.76. The summed E-state index contributed by atoms with van der Waals surface area (Å²) in [6.45, 7) is 2.05. The Morgan fingerprint density at radius 2 is 2.12 bits per heavy atom. The fourth-order valence-corrected chi connectivity index (χ4v) is 1.20. The van der Waals surface area contributed by atoms with Crippen LogP contribution in [-0.4, -0.2) is 23.4 Å². The standard InChI is InChI=1S/C9H13F3N2O2/c1-6-7(5-13-3-2-4-15)16-14-8(6)9(10,11)12/h13,15H,2-5H2,1H3. The van der Waals surface area contributed by atoms with Crippen molar-refractivity contribution < 1.29 is 22.8 Å². The van der Waals surface area contributed by atoms with Gasteiger partial charge in [0.1, 0.15) is 0 Å². The molecule has 0 atom stereocenters. The Kier molecular flexibility index (Phi) is 4.31. The summed E-state index contributed by atoms with van der Waals surface area (Å²) >= 11 is 0. The number of nitrogens with zero attached hydrogens (tertiary/aromatic N) is 1. The van der Waals surface area contributed by atoms with Crippen LogP contribution in [0.3, 0.4) is 0 Å². The minimum absolute atomic E-state index is 0.00370. The number of hydrogen-bond acceptors (Lipinski definition) is 4. The van der Waals surface area contributed by atoms with Crippen LogP contribution in [0.15, 0.2) is 4.52 Å². The van der Waals surface area contributed by atoms with Gasteiger partial charge >= 0.3 is 6.18 Å². The quantitative estimate of drug-likeness (QED) is 0.763. The van der Waals surface area contributed by atoms with Crippen molar-refractivity contribution in [3.8, 4) is 0 Å². The summed E-state index contributed by atoms with van der Waals surface area (Å²) in [5, 5.41) is 14.3. The summed E-state index contributed by atoms with van der Waals surface area (Å²) in [6.07, 6.45) is -3.93. The normalized spacial score (nSPS) is 12.1. The zero-order chi connectivity index (χ0) is 12.2. The summed E-state index contributed by atoms with van der Waals surface area (Å²) in [7, 11) is 0. The van der Waals surface area contributed by atoms with Gasteiger partial charge in [-0.1, -0.05) is 5.16 Å². The molecule has 0 aliphatic rings. The van der Waals surface area contributed by atoms with E-state index >= 15 is 0 Å². The second kappa shape index (κ2) is 5.31. The number of aliphatic hydroxyl groups excluding tert-OH is 1. The van der Waals surface area contributed by atoms with Crippen LogP contribution in [-0.2, 0) is 12.7 Å². The molecule has 1 aromatic rings. The first-order valence-electron chi connectivity index (χ1n) is 4.80. The average Bonchev–Trinajstić information content (AvgIpc) is 2.54. The number of rotatable bonds is 5. The van der Waals surface area contributed by atoms with Gasteiger partial charge in [0, 0.05) is 12.2 Å². The van der Waals surface area contributed by atoms with Crippen LogP contribution in [0.1, 0.15) is 23.4 Å². The van der Waals surface area contributed by atoms with Crippen molar-refractivity contribution >= 4 is 0 Å². The monoisotopic (exact) mass is 238 g/mol. The molecule has 0 fully saturated rings. The van der Waals surface area contributed by atoms with E-state index in [0.29, 0.717) is 13.0 Å². The number of aliphatic hydroxyl groups is 1. The Balaban J connectivity index is 2.59. The van der Waals surface area contributed by atoms with Crippen LogP contribution < -0.4 is 5.32 Å². The molecule has 0 aliphatic heterocycles. The largest absolute Gasteiger partial charge is 0.437 e. The molecule has 0 spiro atoms. The van der Waals surface area contributed by atoms with Crippen LogP contribution in [0.25, 0.3) is 0 Å². The third kappa shape index (κ3) is 3.21. The van der Waals surface area contributed by atoms with Crippen molar-refractivity contribution in [2.75, 3.05) is 13.2 Å². The Labute approximate surface area is 90.4 Å². The molecule has 4 nitrogen and oxygen atoms in total. The van der Waals surface area contributed by atoms with Gasteiger partial charge in [0.15, 0.2) is 11.5 Å². The van der Waals surface area contributed by atoms with E-state index in [0.717, 1.165) is 0 Å². The lowest BCUT2D eigenvalue weighted by atomic mass is 10.2. The van der Waals surface area contributed by atoms with Gasteiger partial charge in [-0.05, 0) is 19.9 Å². The van der Waals surface area contributed by atoms with Crippen molar-refractivity contribution in [2.24, 2.45) is 0 Å². The van der Waals surface area contributed by atoms with E-state index in [2.05, 4.69) is 15.0 Å². The molecule has 0 saturated heterocycles. The van der Waals surface area contributed by atoms with Crippen molar-refractivity contribution in [1.29, 1.82) is 0 Å². The topological polar surface area (TPSA) is 58.3 Å². The van der Waals surface area contributed by atoms with Crippen LogP contribution >= 0.6 is 0 Å². The SMILES string of the molecule is Cc1c(C(F)(F)F)noc1CNCCCO. The maximum absolute atomic E-state index is 12.3. The minimum Gasteiger partial charge on any atom is -0.396 e. The van der Waals surface area contributed by atoms with Gasteiger partial charge in [0.05, 0.1) is 6.54 Å². The summed E-state index contributed by atoms with van der Waals surface area (Å²) in [5.41, 5.74) is -0.976. The lowest BCUT2D eigenvalue weighted by Gasteiger charge is -2.03. The van der Waals surface area contributed by atoms with E-state index < -0.39 is 11.9 Å². The molecule has 0 saturated carbocycles. The van der Waals surface area contributed by atoms with Gasteiger partial charge in [-0.25, -0.2) is 0 Å². The molecule has 1 heterocycles. The summed E-state index contributed by atoms with van der Waals surface area (Å²) in [6, 6.07) is 0. The van der Waals surface area contributed by atoms with Gasteiger partial charge in [-0.15, -0.1) is 0 Å². The summed E-state index contributed by atoms with van der Waals surface area (Å²) < 4.78 is 41.6. The van der Waals surface area contributed by atoms with Crippen LogP contribution in [0, 0.1) is 6.92 Å². The second-order valence-electron chi connectivity index (χ2n) is 3.33. The number of halogens is 3. The first-order valence-corrected chi connectivity index (χ1v) is 4.80. The van der Waals surface area contributed by atoms with Gasteiger partial charge < -0.3 is 14.9 Å². The smallest absolute Gasteiger partial charge is 0.396 e. The number of aromatic nitrogens is 1.